The van der Waals surface area contributed by atoms with Crippen LogP contribution in [0.5, 0.6) is 5.75 Å². The van der Waals surface area contributed by atoms with Gasteiger partial charge in [-0.25, -0.2) is 0 Å². The van der Waals surface area contributed by atoms with Crippen LogP contribution >= 0.6 is 0 Å². The smallest absolute Gasteiger partial charge is 0.255 e. The molecule has 0 fully saturated rings. The highest BCUT2D eigenvalue weighted by Crippen LogP contribution is 2.27. The van der Waals surface area contributed by atoms with E-state index in [1.165, 1.54) is 16.8 Å². The van der Waals surface area contributed by atoms with Crippen LogP contribution in [-0.2, 0) is 17.6 Å². The number of carbonyl (C=O) groups is 1. The van der Waals surface area contributed by atoms with E-state index in [1.807, 2.05) is 31.3 Å². The Morgan fingerprint density at radius 3 is 2.73 bits per heavy atom. The van der Waals surface area contributed by atoms with Crippen LogP contribution < -0.4 is 20.7 Å². The van der Waals surface area contributed by atoms with Crippen molar-refractivity contribution in [2.75, 3.05) is 31.6 Å². The molecule has 0 aromatic heterocycles. The number of nitrogens with one attached hydrogen (secondary N) is 1. The highest BCUT2D eigenvalue weighted by molar-refractivity contribution is 5.97. The lowest BCUT2D eigenvalue weighted by molar-refractivity contribution is -0.119. The highest BCUT2D eigenvalue weighted by Gasteiger charge is 2.21. The molecule has 0 atom stereocenters. The fourth-order valence-corrected chi connectivity index (χ4v) is 3.08. The Morgan fingerprint density at radius 1 is 1.23 bits per heavy atom. The number of hydrogen-bond donors (Lipinski definition) is 2. The molecule has 0 saturated heterocycles. The summed E-state index contributed by atoms with van der Waals surface area (Å²) in [5, 5.41) is 3.44. The first-order valence-corrected chi connectivity index (χ1v) is 8.73. The maximum absolute atomic E-state index is 10.7. The fraction of sp³-hybridized carbons (Fsp3) is 0.300. The maximum Gasteiger partial charge on any atom is 0.255 e. The molecule has 136 valence electrons. The summed E-state index contributed by atoms with van der Waals surface area (Å²) in [4.78, 5) is 17.4. The van der Waals surface area contributed by atoms with Crippen molar-refractivity contribution >= 4 is 17.6 Å². The Kier molecular flexibility index (Phi) is 5.73. The lowest BCUT2D eigenvalue weighted by atomic mass is 10.1. The van der Waals surface area contributed by atoms with Crippen molar-refractivity contribution in [1.82, 2.24) is 5.32 Å². The van der Waals surface area contributed by atoms with Crippen molar-refractivity contribution in [2.24, 2.45) is 10.7 Å². The van der Waals surface area contributed by atoms with E-state index < -0.39 is 5.91 Å². The monoisotopic (exact) mass is 352 g/mol. The van der Waals surface area contributed by atoms with Gasteiger partial charge in [-0.2, -0.15) is 0 Å². The number of para-hydroxylation sites is 1. The molecule has 1 amide bonds. The molecule has 3 N–H and O–H groups in total. The molecule has 0 unspecified atom stereocenters. The summed E-state index contributed by atoms with van der Waals surface area (Å²) in [6.45, 7) is 1.63. The van der Waals surface area contributed by atoms with Crippen molar-refractivity contribution in [2.45, 2.75) is 12.8 Å². The van der Waals surface area contributed by atoms with Crippen molar-refractivity contribution in [3.63, 3.8) is 0 Å². The molecule has 1 aliphatic heterocycles. The van der Waals surface area contributed by atoms with Crippen LogP contribution in [0.1, 0.15) is 11.1 Å². The Morgan fingerprint density at radius 2 is 2.00 bits per heavy atom. The molecular formula is C20H24N4O2. The zero-order chi connectivity index (χ0) is 18.4. The summed E-state index contributed by atoms with van der Waals surface area (Å²) in [6.07, 6.45) is 1.91. The molecule has 0 bridgehead atoms. The number of ether oxygens (including phenoxy) is 1. The van der Waals surface area contributed by atoms with Crippen LogP contribution in [0.15, 0.2) is 53.5 Å². The predicted octanol–water partition coefficient (Wildman–Crippen LogP) is 1.73. The summed E-state index contributed by atoms with van der Waals surface area (Å²) in [7, 11) is 1.81. The molecule has 0 aliphatic carbocycles. The minimum Gasteiger partial charge on any atom is -0.484 e. The third kappa shape index (κ3) is 4.33. The van der Waals surface area contributed by atoms with E-state index in [9.17, 15) is 4.79 Å². The third-order valence-corrected chi connectivity index (χ3v) is 4.36. The Balaban J connectivity index is 1.52. The first-order chi connectivity index (χ1) is 12.7. The largest absolute Gasteiger partial charge is 0.484 e. The lowest BCUT2D eigenvalue weighted by Crippen LogP contribution is -2.41. The van der Waals surface area contributed by atoms with Gasteiger partial charge >= 0.3 is 0 Å². The maximum atomic E-state index is 10.7. The summed E-state index contributed by atoms with van der Waals surface area (Å²) < 4.78 is 5.27. The number of nitrogens with zero attached hydrogens (tertiary/aromatic N) is 2. The predicted molar refractivity (Wildman–Crippen MR) is 104 cm³/mol. The second-order valence-corrected chi connectivity index (χ2v) is 6.15. The molecule has 0 saturated carbocycles. The number of aliphatic imine (C=N–C) groups is 1. The van der Waals surface area contributed by atoms with Crippen molar-refractivity contribution in [1.29, 1.82) is 0 Å². The Hall–Kier alpha value is -3.02. The zero-order valence-electron chi connectivity index (χ0n) is 14.9. The number of guanidine groups is 1. The number of rotatable bonds is 6. The van der Waals surface area contributed by atoms with Crippen LogP contribution in [-0.4, -0.2) is 38.6 Å². The number of hydrogen-bond acceptors (Lipinski definition) is 3. The van der Waals surface area contributed by atoms with Crippen molar-refractivity contribution < 1.29 is 9.53 Å². The molecule has 1 heterocycles. The summed E-state index contributed by atoms with van der Waals surface area (Å²) in [5.41, 5.74) is 8.85. The van der Waals surface area contributed by atoms with Crippen LogP contribution in [0.2, 0.25) is 0 Å². The molecule has 26 heavy (non-hydrogen) atoms. The zero-order valence-corrected chi connectivity index (χ0v) is 14.9. The van der Waals surface area contributed by atoms with Gasteiger partial charge in [-0.1, -0.05) is 30.3 Å². The fourth-order valence-electron chi connectivity index (χ4n) is 3.08. The first kappa shape index (κ1) is 17.8. The molecule has 0 spiro atoms. The quantitative estimate of drug-likeness (QED) is 0.613. The number of benzene rings is 2. The van der Waals surface area contributed by atoms with E-state index in [4.69, 9.17) is 10.5 Å². The average molecular weight is 352 g/mol. The average Bonchev–Trinajstić information content (AvgIpc) is 3.08. The van der Waals surface area contributed by atoms with Gasteiger partial charge in [0.2, 0.25) is 0 Å². The topological polar surface area (TPSA) is 80.0 Å². The van der Waals surface area contributed by atoms with Gasteiger partial charge in [0.1, 0.15) is 5.75 Å². The van der Waals surface area contributed by atoms with Gasteiger partial charge in [0.25, 0.3) is 5.91 Å². The van der Waals surface area contributed by atoms with E-state index in [0.29, 0.717) is 5.75 Å². The van der Waals surface area contributed by atoms with Gasteiger partial charge in [-0.05, 0) is 42.2 Å². The van der Waals surface area contributed by atoms with Gasteiger partial charge < -0.3 is 20.7 Å². The van der Waals surface area contributed by atoms with Gasteiger partial charge in [0.05, 0.1) is 0 Å². The van der Waals surface area contributed by atoms with Crippen molar-refractivity contribution in [3.05, 3.63) is 59.7 Å². The minimum absolute atomic E-state index is 0.103. The number of fused-ring (bicyclic) bond motifs is 1. The summed E-state index contributed by atoms with van der Waals surface area (Å²) in [5.74, 6) is 1.06. The first-order valence-electron chi connectivity index (χ1n) is 8.73. The van der Waals surface area contributed by atoms with E-state index >= 15 is 0 Å². The minimum atomic E-state index is -0.479. The van der Waals surface area contributed by atoms with Crippen LogP contribution in [0, 0.1) is 0 Å². The molecule has 2 aromatic rings. The van der Waals surface area contributed by atoms with Gasteiger partial charge in [-0.3, -0.25) is 9.79 Å². The third-order valence-electron chi connectivity index (χ3n) is 4.36. The molecule has 6 heteroatoms. The molecule has 1 aliphatic rings. The Bertz CT molecular complexity index is 787. The number of primary amides is 1. The number of amides is 1. The van der Waals surface area contributed by atoms with E-state index in [0.717, 1.165) is 31.9 Å². The van der Waals surface area contributed by atoms with Crippen LogP contribution in [0.3, 0.4) is 0 Å². The number of carbonyl (C=O) groups excluding carboxylic acids is 1. The Labute approximate surface area is 153 Å². The molecular weight excluding hydrogens is 328 g/mol. The van der Waals surface area contributed by atoms with Gasteiger partial charge in [0, 0.05) is 25.8 Å². The van der Waals surface area contributed by atoms with Gasteiger partial charge in [-0.15, -0.1) is 0 Å². The van der Waals surface area contributed by atoms with Gasteiger partial charge in [0.15, 0.2) is 12.6 Å². The summed E-state index contributed by atoms with van der Waals surface area (Å²) >= 11 is 0. The lowest BCUT2D eigenvalue weighted by Gasteiger charge is -2.22. The second-order valence-electron chi connectivity index (χ2n) is 6.15. The molecule has 6 nitrogen and oxygen atoms in total. The van der Waals surface area contributed by atoms with E-state index in [2.05, 4.69) is 39.5 Å². The standard InChI is InChI=1S/C20H24N4O2/c1-22-20(24-13-11-16-4-2-3-5-18(16)24)23-12-10-15-6-8-17(9-7-15)26-14-19(21)25/h2-9H,10-14H2,1H3,(H2,21,25)(H,22,23). The van der Waals surface area contributed by atoms with E-state index in [1.54, 1.807) is 0 Å². The van der Waals surface area contributed by atoms with Crippen molar-refractivity contribution in [3.8, 4) is 5.75 Å². The molecule has 0 radical (unpaired) electrons. The summed E-state index contributed by atoms with van der Waals surface area (Å²) in [6, 6.07) is 16.1. The second kappa shape index (κ2) is 8.38. The SMILES string of the molecule is CN=C(NCCc1ccc(OCC(N)=O)cc1)N1CCc2ccccc21. The normalized spacial score (nSPS) is 13.4. The molecule has 3 rings (SSSR count). The van der Waals surface area contributed by atoms with Crippen LogP contribution in [0.4, 0.5) is 5.69 Å². The molecule has 2 aromatic carbocycles. The number of nitrogens with two attached hydrogens (primary N) is 1. The number of anilines is 1. The van der Waals surface area contributed by atoms with E-state index in [-0.39, 0.29) is 6.61 Å². The highest BCUT2D eigenvalue weighted by atomic mass is 16.5. The van der Waals surface area contributed by atoms with Crippen LogP contribution in [0.25, 0.3) is 0 Å².